The van der Waals surface area contributed by atoms with Gasteiger partial charge >= 0.3 is 0 Å². The maximum absolute atomic E-state index is 11.2. The zero-order chi connectivity index (χ0) is 12.1. The SMILES string of the molecule is C#CCCCNC1CCCc2[nH]c(=O)ccc21. The number of aryl methyl sites for hydroxylation is 1. The van der Waals surface area contributed by atoms with Gasteiger partial charge in [0, 0.05) is 24.2 Å². The van der Waals surface area contributed by atoms with Crippen molar-refractivity contribution in [1.29, 1.82) is 0 Å². The highest BCUT2D eigenvalue weighted by Crippen LogP contribution is 2.27. The maximum atomic E-state index is 11.2. The van der Waals surface area contributed by atoms with Gasteiger partial charge in [0.2, 0.25) is 5.56 Å². The van der Waals surface area contributed by atoms with E-state index in [9.17, 15) is 4.79 Å². The number of aromatic nitrogens is 1. The highest BCUT2D eigenvalue weighted by atomic mass is 16.1. The monoisotopic (exact) mass is 230 g/mol. The van der Waals surface area contributed by atoms with Gasteiger partial charge in [0.15, 0.2) is 0 Å². The molecule has 1 aromatic rings. The third-order valence-corrected chi connectivity index (χ3v) is 3.22. The van der Waals surface area contributed by atoms with Crippen LogP contribution in [0.4, 0.5) is 0 Å². The van der Waals surface area contributed by atoms with Crippen LogP contribution in [0.3, 0.4) is 0 Å². The molecule has 1 aliphatic rings. The fraction of sp³-hybridized carbons (Fsp3) is 0.500. The number of nitrogens with one attached hydrogen (secondary N) is 2. The summed E-state index contributed by atoms with van der Waals surface area (Å²) in [5.74, 6) is 2.64. The van der Waals surface area contributed by atoms with Gasteiger partial charge < -0.3 is 10.3 Å². The summed E-state index contributed by atoms with van der Waals surface area (Å²) in [5.41, 5.74) is 2.34. The topological polar surface area (TPSA) is 44.9 Å². The van der Waals surface area contributed by atoms with Gasteiger partial charge in [-0.05, 0) is 37.8 Å². The van der Waals surface area contributed by atoms with Crippen LogP contribution in [-0.2, 0) is 6.42 Å². The summed E-state index contributed by atoms with van der Waals surface area (Å²) < 4.78 is 0. The molecule has 3 heteroatoms. The number of hydrogen-bond donors (Lipinski definition) is 2. The lowest BCUT2D eigenvalue weighted by molar-refractivity contribution is 0.452. The first-order valence-electron chi connectivity index (χ1n) is 6.20. The van der Waals surface area contributed by atoms with Crippen molar-refractivity contribution in [3.8, 4) is 12.3 Å². The van der Waals surface area contributed by atoms with Gasteiger partial charge in [-0.15, -0.1) is 12.3 Å². The van der Waals surface area contributed by atoms with Gasteiger partial charge in [-0.2, -0.15) is 0 Å². The zero-order valence-electron chi connectivity index (χ0n) is 9.96. The first kappa shape index (κ1) is 11.9. The molecule has 0 amide bonds. The van der Waals surface area contributed by atoms with Crippen molar-refractivity contribution >= 4 is 0 Å². The molecule has 1 heterocycles. The van der Waals surface area contributed by atoms with Crippen molar-refractivity contribution in [3.63, 3.8) is 0 Å². The van der Waals surface area contributed by atoms with Crippen LogP contribution >= 0.6 is 0 Å². The Morgan fingerprint density at radius 3 is 3.24 bits per heavy atom. The third kappa shape index (κ3) is 2.98. The number of rotatable bonds is 4. The van der Waals surface area contributed by atoms with Crippen molar-refractivity contribution in [2.24, 2.45) is 0 Å². The summed E-state index contributed by atoms with van der Waals surface area (Å²) in [6, 6.07) is 3.93. The summed E-state index contributed by atoms with van der Waals surface area (Å²) in [6.45, 7) is 0.938. The zero-order valence-corrected chi connectivity index (χ0v) is 9.96. The van der Waals surface area contributed by atoms with Crippen LogP contribution < -0.4 is 10.9 Å². The van der Waals surface area contributed by atoms with E-state index >= 15 is 0 Å². The highest BCUT2D eigenvalue weighted by Gasteiger charge is 2.19. The minimum atomic E-state index is -0.00303. The molecular weight excluding hydrogens is 212 g/mol. The Labute approximate surface area is 102 Å². The van der Waals surface area contributed by atoms with E-state index in [-0.39, 0.29) is 5.56 Å². The third-order valence-electron chi connectivity index (χ3n) is 3.22. The standard InChI is InChI=1S/C14H18N2O/c1-2-3-4-10-15-12-6-5-7-13-11(12)8-9-14(17)16-13/h1,8-9,12,15H,3-7,10H2,(H,16,17). The number of terminal acetylenes is 1. The minimum Gasteiger partial charge on any atom is -0.326 e. The minimum absolute atomic E-state index is 0.00303. The van der Waals surface area contributed by atoms with Crippen LogP contribution in [0.2, 0.25) is 0 Å². The van der Waals surface area contributed by atoms with Gasteiger partial charge in [-0.1, -0.05) is 6.07 Å². The fourth-order valence-electron chi connectivity index (χ4n) is 2.38. The van der Waals surface area contributed by atoms with E-state index in [2.05, 4.69) is 16.2 Å². The van der Waals surface area contributed by atoms with Crippen LogP contribution in [0.15, 0.2) is 16.9 Å². The Morgan fingerprint density at radius 2 is 2.41 bits per heavy atom. The van der Waals surface area contributed by atoms with Crippen molar-refractivity contribution in [3.05, 3.63) is 33.7 Å². The average molecular weight is 230 g/mol. The number of aromatic amines is 1. The predicted molar refractivity (Wildman–Crippen MR) is 68.8 cm³/mol. The highest BCUT2D eigenvalue weighted by molar-refractivity contribution is 5.26. The first-order chi connectivity index (χ1) is 8.31. The van der Waals surface area contributed by atoms with Gasteiger partial charge in [0.1, 0.15) is 0 Å². The molecule has 2 N–H and O–H groups in total. The molecule has 0 aliphatic heterocycles. The fourth-order valence-corrected chi connectivity index (χ4v) is 2.38. The average Bonchev–Trinajstić information content (AvgIpc) is 2.34. The van der Waals surface area contributed by atoms with Crippen LogP contribution in [0.1, 0.15) is 43.0 Å². The Kier molecular flexibility index (Phi) is 4.00. The Morgan fingerprint density at radius 1 is 1.53 bits per heavy atom. The van der Waals surface area contributed by atoms with Crippen molar-refractivity contribution < 1.29 is 0 Å². The van der Waals surface area contributed by atoms with E-state index in [4.69, 9.17) is 6.42 Å². The molecule has 3 nitrogen and oxygen atoms in total. The molecule has 0 saturated heterocycles. The number of H-pyrrole nitrogens is 1. The normalized spacial score (nSPS) is 18.4. The molecule has 0 spiro atoms. The number of pyridine rings is 1. The van der Waals surface area contributed by atoms with E-state index in [1.165, 1.54) is 5.56 Å². The summed E-state index contributed by atoms with van der Waals surface area (Å²) in [5, 5.41) is 3.51. The molecule has 0 bridgehead atoms. The van der Waals surface area contributed by atoms with Crippen molar-refractivity contribution in [2.75, 3.05) is 6.54 Å². The van der Waals surface area contributed by atoms with Gasteiger partial charge in [0.25, 0.3) is 0 Å². The Balaban J connectivity index is 2.02. The second-order valence-corrected chi connectivity index (χ2v) is 4.46. The van der Waals surface area contributed by atoms with Crippen molar-refractivity contribution in [1.82, 2.24) is 10.3 Å². The lowest BCUT2D eigenvalue weighted by Crippen LogP contribution is -2.28. The molecule has 0 aromatic carbocycles. The van der Waals surface area contributed by atoms with Gasteiger partial charge in [0.05, 0.1) is 0 Å². The van der Waals surface area contributed by atoms with E-state index < -0.39 is 0 Å². The molecule has 0 radical (unpaired) electrons. The van der Waals surface area contributed by atoms with Crippen LogP contribution in [0, 0.1) is 12.3 Å². The number of unbranched alkanes of at least 4 members (excludes halogenated alkanes) is 1. The molecule has 1 atom stereocenters. The predicted octanol–water partition coefficient (Wildman–Crippen LogP) is 1.76. The Bertz CT molecular complexity index is 470. The molecule has 1 unspecified atom stereocenters. The van der Waals surface area contributed by atoms with Crippen molar-refractivity contribution in [2.45, 2.75) is 38.1 Å². The van der Waals surface area contributed by atoms with Crippen LogP contribution in [-0.4, -0.2) is 11.5 Å². The number of hydrogen-bond acceptors (Lipinski definition) is 2. The van der Waals surface area contributed by atoms with E-state index in [1.54, 1.807) is 6.07 Å². The molecule has 0 fully saturated rings. The lowest BCUT2D eigenvalue weighted by atomic mass is 9.91. The first-order valence-corrected chi connectivity index (χ1v) is 6.20. The number of fused-ring (bicyclic) bond motifs is 1. The van der Waals surface area contributed by atoms with E-state index in [0.717, 1.165) is 44.3 Å². The van der Waals surface area contributed by atoms with Gasteiger partial charge in [-0.3, -0.25) is 4.79 Å². The summed E-state index contributed by atoms with van der Waals surface area (Å²) in [4.78, 5) is 14.2. The second kappa shape index (κ2) is 5.70. The molecular formula is C14H18N2O. The van der Waals surface area contributed by atoms with Crippen LogP contribution in [0.5, 0.6) is 0 Å². The molecule has 1 aromatic heterocycles. The summed E-state index contributed by atoms with van der Waals surface area (Å²) in [7, 11) is 0. The van der Waals surface area contributed by atoms with E-state index in [0.29, 0.717) is 6.04 Å². The molecule has 0 saturated carbocycles. The van der Waals surface area contributed by atoms with Crippen LogP contribution in [0.25, 0.3) is 0 Å². The maximum Gasteiger partial charge on any atom is 0.248 e. The smallest absolute Gasteiger partial charge is 0.248 e. The molecule has 17 heavy (non-hydrogen) atoms. The molecule has 1 aliphatic carbocycles. The van der Waals surface area contributed by atoms with Gasteiger partial charge in [-0.25, -0.2) is 0 Å². The second-order valence-electron chi connectivity index (χ2n) is 4.46. The molecule has 2 rings (SSSR count). The largest absolute Gasteiger partial charge is 0.326 e. The quantitative estimate of drug-likeness (QED) is 0.611. The van der Waals surface area contributed by atoms with E-state index in [1.807, 2.05) is 6.07 Å². The summed E-state index contributed by atoms with van der Waals surface area (Å²) >= 11 is 0. The Hall–Kier alpha value is -1.53. The lowest BCUT2D eigenvalue weighted by Gasteiger charge is -2.25. The summed E-state index contributed by atoms with van der Waals surface area (Å²) in [6.07, 6.45) is 10.3. The molecule has 90 valence electrons.